The molecule has 0 aliphatic carbocycles. The number of amides is 2. The van der Waals surface area contributed by atoms with Gasteiger partial charge in [0, 0.05) is 68.3 Å². The van der Waals surface area contributed by atoms with E-state index < -0.39 is 28.8 Å². The predicted octanol–water partition coefficient (Wildman–Crippen LogP) is 4.94. The number of nitrogens with zero attached hydrogens (tertiary/aromatic N) is 5. The lowest BCUT2D eigenvalue weighted by Gasteiger charge is -2.33. The summed E-state index contributed by atoms with van der Waals surface area (Å²) in [4.78, 5) is 51.8. The van der Waals surface area contributed by atoms with E-state index in [0.29, 0.717) is 39.6 Å². The Hall–Kier alpha value is -5.01. The molecule has 0 atom stereocenters. The van der Waals surface area contributed by atoms with Crippen molar-refractivity contribution in [2.24, 2.45) is 0 Å². The summed E-state index contributed by atoms with van der Waals surface area (Å²) in [7, 11) is 0. The Labute approximate surface area is 254 Å². The molecule has 0 radical (unpaired) electrons. The number of anilines is 1. The van der Waals surface area contributed by atoms with Gasteiger partial charge in [-0.3, -0.25) is 23.9 Å². The monoisotopic (exact) mass is 616 g/mol. The third kappa shape index (κ3) is 5.92. The quantitative estimate of drug-likeness (QED) is 0.276. The first-order chi connectivity index (χ1) is 21.3. The van der Waals surface area contributed by atoms with Crippen LogP contribution >= 0.6 is 11.3 Å². The van der Waals surface area contributed by atoms with Gasteiger partial charge in [-0.15, -0.1) is 11.3 Å². The average Bonchev–Trinajstić information content (AvgIpc) is 3.48. The molecule has 1 fully saturated rings. The number of ether oxygens (including phenoxy) is 1. The van der Waals surface area contributed by atoms with Crippen LogP contribution in [-0.4, -0.2) is 68.9 Å². The molecule has 1 aliphatic rings. The first-order valence-electron chi connectivity index (χ1n) is 13.8. The maximum atomic E-state index is 15.2. The van der Waals surface area contributed by atoms with Gasteiger partial charge in [-0.05, 0) is 49.0 Å². The maximum absolute atomic E-state index is 15.2. The SMILES string of the molecule is CCN1CCN(C(=O)c2cc3nccc(Oc4ccc(NC(=O)c5nccn(-c6ccc(F)cc6)c5=O)cc4F)c3s2)CC1. The van der Waals surface area contributed by atoms with E-state index in [1.165, 1.54) is 66.3 Å². The molecule has 5 aromatic rings. The fraction of sp³-hybridized carbons (Fsp3) is 0.194. The van der Waals surface area contributed by atoms with Gasteiger partial charge in [0.25, 0.3) is 17.4 Å². The van der Waals surface area contributed by atoms with Crippen LogP contribution in [0.5, 0.6) is 11.5 Å². The molecule has 13 heteroatoms. The van der Waals surface area contributed by atoms with Crippen molar-refractivity contribution in [3.63, 3.8) is 0 Å². The molecular formula is C31H26F2N6O4S. The lowest BCUT2D eigenvalue weighted by atomic mass is 10.2. The number of carbonyl (C=O) groups excluding carboxylic acids is 2. The summed E-state index contributed by atoms with van der Waals surface area (Å²) in [6.07, 6.45) is 4.15. The van der Waals surface area contributed by atoms with Crippen LogP contribution in [0.3, 0.4) is 0 Å². The van der Waals surface area contributed by atoms with Crippen LogP contribution in [-0.2, 0) is 0 Å². The molecule has 1 N–H and O–H groups in total. The minimum absolute atomic E-state index is 0.0710. The maximum Gasteiger partial charge on any atom is 0.286 e. The summed E-state index contributed by atoms with van der Waals surface area (Å²) in [6, 6.07) is 12.3. The van der Waals surface area contributed by atoms with E-state index in [4.69, 9.17) is 4.74 Å². The number of benzene rings is 2. The number of thiophene rings is 1. The molecule has 2 aromatic carbocycles. The molecule has 2 amide bonds. The molecule has 0 bridgehead atoms. The third-order valence-electron chi connectivity index (χ3n) is 7.26. The van der Waals surface area contributed by atoms with E-state index in [1.54, 1.807) is 12.1 Å². The molecule has 0 unspecified atom stereocenters. The topological polar surface area (TPSA) is 110 Å². The van der Waals surface area contributed by atoms with E-state index in [0.717, 1.165) is 30.3 Å². The van der Waals surface area contributed by atoms with Crippen molar-refractivity contribution in [1.82, 2.24) is 24.3 Å². The lowest BCUT2D eigenvalue weighted by Crippen LogP contribution is -2.48. The van der Waals surface area contributed by atoms with E-state index >= 15 is 4.39 Å². The van der Waals surface area contributed by atoms with Crippen molar-refractivity contribution in [3.8, 4) is 17.2 Å². The number of pyridine rings is 1. The van der Waals surface area contributed by atoms with Crippen molar-refractivity contribution >= 4 is 39.1 Å². The summed E-state index contributed by atoms with van der Waals surface area (Å²) in [5.74, 6) is -1.92. The molecule has 1 aliphatic heterocycles. The van der Waals surface area contributed by atoms with E-state index in [-0.39, 0.29) is 17.3 Å². The van der Waals surface area contributed by atoms with E-state index in [2.05, 4.69) is 27.1 Å². The molecule has 0 saturated carbocycles. The lowest BCUT2D eigenvalue weighted by molar-refractivity contribution is 0.0648. The van der Waals surface area contributed by atoms with Crippen LogP contribution in [0.15, 0.2) is 78.0 Å². The number of hydrogen-bond acceptors (Lipinski definition) is 8. The van der Waals surface area contributed by atoms with E-state index in [9.17, 15) is 18.8 Å². The van der Waals surface area contributed by atoms with Crippen LogP contribution in [0.4, 0.5) is 14.5 Å². The normalized spacial score (nSPS) is 13.7. The van der Waals surface area contributed by atoms with Crippen molar-refractivity contribution in [2.45, 2.75) is 6.92 Å². The Morgan fingerprint density at radius 2 is 1.73 bits per heavy atom. The molecule has 3 aromatic heterocycles. The number of fused-ring (bicyclic) bond motifs is 1. The molecule has 0 spiro atoms. The molecule has 4 heterocycles. The first kappa shape index (κ1) is 29.1. The second-order valence-electron chi connectivity index (χ2n) is 9.99. The van der Waals surface area contributed by atoms with Crippen LogP contribution in [0.25, 0.3) is 15.9 Å². The molecule has 1 saturated heterocycles. The summed E-state index contributed by atoms with van der Waals surface area (Å²) in [5, 5.41) is 2.48. The van der Waals surface area contributed by atoms with Gasteiger partial charge in [-0.1, -0.05) is 6.92 Å². The van der Waals surface area contributed by atoms with Crippen molar-refractivity contribution < 1.29 is 23.1 Å². The Balaban J connectivity index is 1.17. The molecule has 224 valence electrons. The largest absolute Gasteiger partial charge is 0.453 e. The number of halogens is 2. The number of nitrogens with one attached hydrogen (secondary N) is 1. The smallest absolute Gasteiger partial charge is 0.286 e. The van der Waals surface area contributed by atoms with Gasteiger partial charge in [-0.2, -0.15) is 0 Å². The Kier molecular flexibility index (Phi) is 8.13. The molecule has 6 rings (SSSR count). The zero-order chi connectivity index (χ0) is 30.8. The van der Waals surface area contributed by atoms with Crippen molar-refractivity contribution in [2.75, 3.05) is 38.0 Å². The Morgan fingerprint density at radius 1 is 0.955 bits per heavy atom. The molecule has 44 heavy (non-hydrogen) atoms. The number of rotatable bonds is 7. The van der Waals surface area contributed by atoms with Crippen LogP contribution in [0.1, 0.15) is 27.1 Å². The van der Waals surface area contributed by atoms with Crippen molar-refractivity contribution in [1.29, 1.82) is 0 Å². The van der Waals surface area contributed by atoms with Gasteiger partial charge in [0.2, 0.25) is 0 Å². The summed E-state index contributed by atoms with van der Waals surface area (Å²) < 4.78 is 36.1. The van der Waals surface area contributed by atoms with Crippen molar-refractivity contribution in [3.05, 3.63) is 106 Å². The second-order valence-corrected chi connectivity index (χ2v) is 11.0. The van der Waals surface area contributed by atoms with Crippen LogP contribution in [0, 0.1) is 11.6 Å². The highest BCUT2D eigenvalue weighted by molar-refractivity contribution is 7.21. The van der Waals surface area contributed by atoms with Gasteiger partial charge in [0.05, 0.1) is 15.1 Å². The average molecular weight is 617 g/mol. The summed E-state index contributed by atoms with van der Waals surface area (Å²) >= 11 is 1.24. The van der Waals surface area contributed by atoms with Gasteiger partial charge >= 0.3 is 0 Å². The zero-order valence-corrected chi connectivity index (χ0v) is 24.3. The predicted molar refractivity (Wildman–Crippen MR) is 162 cm³/mol. The number of carbonyl (C=O) groups is 2. The highest BCUT2D eigenvalue weighted by Crippen LogP contribution is 2.36. The first-order valence-corrected chi connectivity index (χ1v) is 14.6. The van der Waals surface area contributed by atoms with Gasteiger partial charge in [-0.25, -0.2) is 13.8 Å². The molecular weight excluding hydrogens is 590 g/mol. The summed E-state index contributed by atoms with van der Waals surface area (Å²) in [6.45, 7) is 5.99. The Morgan fingerprint density at radius 3 is 2.45 bits per heavy atom. The minimum atomic E-state index is -0.845. The number of piperazine rings is 1. The summed E-state index contributed by atoms with van der Waals surface area (Å²) in [5.41, 5.74) is -0.162. The highest BCUT2D eigenvalue weighted by atomic mass is 32.1. The Bertz CT molecular complexity index is 1920. The number of aromatic nitrogens is 3. The third-order valence-corrected chi connectivity index (χ3v) is 8.39. The minimum Gasteiger partial charge on any atom is -0.453 e. The van der Waals surface area contributed by atoms with Gasteiger partial charge in [0.1, 0.15) is 11.6 Å². The fourth-order valence-corrected chi connectivity index (χ4v) is 5.90. The molecule has 10 nitrogen and oxygen atoms in total. The number of hydrogen-bond donors (Lipinski definition) is 1. The second kappa shape index (κ2) is 12.3. The fourth-order valence-electron chi connectivity index (χ4n) is 4.87. The van der Waals surface area contributed by atoms with E-state index in [1.807, 2.05) is 4.90 Å². The number of likely N-dealkylation sites (N-methyl/N-ethyl adjacent to an activating group) is 1. The standard InChI is InChI=1S/C31H26F2N6O4S/c1-2-37-13-15-38(16-14-37)30(41)26-18-23-28(44-26)25(9-10-34-23)43-24-8-5-20(17-22(24)33)36-29(40)27-31(42)39(12-11-35-27)21-6-3-19(32)4-7-21/h3-12,17-18H,2,13-16H2,1H3,(H,36,40). The van der Waals surface area contributed by atoms with Gasteiger partial charge < -0.3 is 19.9 Å². The van der Waals surface area contributed by atoms with Crippen LogP contribution < -0.4 is 15.6 Å². The highest BCUT2D eigenvalue weighted by Gasteiger charge is 2.24. The van der Waals surface area contributed by atoms with Crippen LogP contribution in [0.2, 0.25) is 0 Å². The van der Waals surface area contributed by atoms with Gasteiger partial charge in [0.15, 0.2) is 17.3 Å². The zero-order valence-electron chi connectivity index (χ0n) is 23.5.